The molecule has 110 valence electrons. The van der Waals surface area contributed by atoms with Crippen LogP contribution < -0.4 is 10.5 Å². The maximum Gasteiger partial charge on any atom is 0.335 e. The first-order valence-corrected chi connectivity index (χ1v) is 7.28. The molecule has 0 heterocycles. The van der Waals surface area contributed by atoms with E-state index in [1.807, 2.05) is 0 Å². The van der Waals surface area contributed by atoms with Crippen molar-refractivity contribution in [3.8, 4) is 0 Å². The fourth-order valence-electron chi connectivity index (χ4n) is 1.55. The van der Waals surface area contributed by atoms with Crippen molar-refractivity contribution in [1.82, 2.24) is 4.72 Å². The highest BCUT2D eigenvalue weighted by Crippen LogP contribution is 2.14. The van der Waals surface area contributed by atoms with Crippen LogP contribution in [0.4, 0.5) is 0 Å². The quantitative estimate of drug-likeness (QED) is 0.690. The standard InChI is InChI=1S/C12H16N2O5S/c1-7(2)10(11(13)15)14-20(18,19)9-5-3-4-8(6-9)12(16)17/h3-7,10,14H,1-2H3,(H2,13,15)(H,16,17). The number of aromatic carboxylic acids is 1. The first kappa shape index (κ1) is 16.1. The van der Waals surface area contributed by atoms with E-state index in [1.54, 1.807) is 13.8 Å². The van der Waals surface area contributed by atoms with Crippen LogP contribution in [0.3, 0.4) is 0 Å². The number of benzene rings is 1. The summed E-state index contributed by atoms with van der Waals surface area (Å²) in [5.74, 6) is -2.36. The Morgan fingerprint density at radius 3 is 2.35 bits per heavy atom. The van der Waals surface area contributed by atoms with Crippen LogP contribution in [0.2, 0.25) is 0 Å². The number of carbonyl (C=O) groups excluding carboxylic acids is 1. The third-order valence-corrected chi connectivity index (χ3v) is 4.09. The van der Waals surface area contributed by atoms with Gasteiger partial charge in [0.25, 0.3) is 0 Å². The second-order valence-electron chi connectivity index (χ2n) is 4.58. The molecule has 0 aromatic heterocycles. The van der Waals surface area contributed by atoms with Gasteiger partial charge in [0.05, 0.1) is 10.5 Å². The molecule has 1 aromatic carbocycles. The lowest BCUT2D eigenvalue weighted by molar-refractivity contribution is -0.120. The molecule has 0 aliphatic carbocycles. The fourth-order valence-corrected chi connectivity index (χ4v) is 2.95. The molecule has 0 radical (unpaired) electrons. The van der Waals surface area contributed by atoms with Gasteiger partial charge in [-0.2, -0.15) is 4.72 Å². The lowest BCUT2D eigenvalue weighted by atomic mass is 10.1. The second kappa shape index (κ2) is 6.02. The summed E-state index contributed by atoms with van der Waals surface area (Å²) in [4.78, 5) is 21.8. The predicted molar refractivity (Wildman–Crippen MR) is 71.5 cm³/mol. The highest BCUT2D eigenvalue weighted by molar-refractivity contribution is 7.89. The molecule has 1 aromatic rings. The number of carboxylic acids is 1. The molecule has 1 unspecified atom stereocenters. The Balaban J connectivity index is 3.14. The van der Waals surface area contributed by atoms with Crippen molar-refractivity contribution < 1.29 is 23.1 Å². The van der Waals surface area contributed by atoms with Crippen molar-refractivity contribution in [2.75, 3.05) is 0 Å². The number of sulfonamides is 1. The Bertz CT molecular complexity index is 624. The van der Waals surface area contributed by atoms with Gasteiger partial charge in [-0.1, -0.05) is 19.9 Å². The van der Waals surface area contributed by atoms with Gasteiger partial charge >= 0.3 is 5.97 Å². The number of hydrogen-bond donors (Lipinski definition) is 3. The second-order valence-corrected chi connectivity index (χ2v) is 6.29. The van der Waals surface area contributed by atoms with E-state index in [4.69, 9.17) is 10.8 Å². The molecule has 0 saturated carbocycles. The highest BCUT2D eigenvalue weighted by atomic mass is 32.2. The minimum absolute atomic E-state index is 0.159. The average Bonchev–Trinajstić information content (AvgIpc) is 2.35. The lowest BCUT2D eigenvalue weighted by Gasteiger charge is -2.19. The maximum absolute atomic E-state index is 12.1. The van der Waals surface area contributed by atoms with Crippen molar-refractivity contribution in [1.29, 1.82) is 0 Å². The molecule has 8 heteroatoms. The van der Waals surface area contributed by atoms with Crippen LogP contribution in [0.5, 0.6) is 0 Å². The minimum atomic E-state index is -4.02. The number of nitrogens with two attached hydrogens (primary N) is 1. The molecule has 1 atom stereocenters. The Morgan fingerprint density at radius 2 is 1.90 bits per heavy atom. The Labute approximate surface area is 116 Å². The number of amides is 1. The minimum Gasteiger partial charge on any atom is -0.478 e. The molecular weight excluding hydrogens is 284 g/mol. The van der Waals surface area contributed by atoms with Crippen LogP contribution in [0.25, 0.3) is 0 Å². The molecule has 1 rings (SSSR count). The van der Waals surface area contributed by atoms with Gasteiger partial charge in [-0.15, -0.1) is 0 Å². The van der Waals surface area contributed by atoms with Crippen LogP contribution >= 0.6 is 0 Å². The molecule has 7 nitrogen and oxygen atoms in total. The molecule has 0 spiro atoms. The van der Waals surface area contributed by atoms with Crippen LogP contribution in [0.1, 0.15) is 24.2 Å². The van der Waals surface area contributed by atoms with Gasteiger partial charge in [0, 0.05) is 0 Å². The molecule has 0 saturated heterocycles. The summed E-state index contributed by atoms with van der Waals surface area (Å²) in [6, 6.07) is 3.78. The lowest BCUT2D eigenvalue weighted by Crippen LogP contribution is -2.47. The normalized spacial score (nSPS) is 13.2. The monoisotopic (exact) mass is 300 g/mol. The summed E-state index contributed by atoms with van der Waals surface area (Å²) in [7, 11) is -4.02. The number of hydrogen-bond acceptors (Lipinski definition) is 4. The molecule has 20 heavy (non-hydrogen) atoms. The fraction of sp³-hybridized carbons (Fsp3) is 0.333. The van der Waals surface area contributed by atoms with E-state index in [-0.39, 0.29) is 16.4 Å². The van der Waals surface area contributed by atoms with Crippen LogP contribution in [-0.2, 0) is 14.8 Å². The predicted octanol–water partition coefficient (Wildman–Crippen LogP) is 0.173. The van der Waals surface area contributed by atoms with E-state index in [1.165, 1.54) is 18.2 Å². The van der Waals surface area contributed by atoms with Gasteiger partial charge in [-0.25, -0.2) is 13.2 Å². The Morgan fingerprint density at radius 1 is 1.30 bits per heavy atom. The van der Waals surface area contributed by atoms with Gasteiger partial charge in [-0.3, -0.25) is 4.79 Å². The van der Waals surface area contributed by atoms with Gasteiger partial charge in [0.1, 0.15) is 6.04 Å². The largest absolute Gasteiger partial charge is 0.478 e. The van der Waals surface area contributed by atoms with Crippen molar-refractivity contribution in [3.05, 3.63) is 29.8 Å². The average molecular weight is 300 g/mol. The first-order chi connectivity index (χ1) is 9.15. The van der Waals surface area contributed by atoms with Crippen molar-refractivity contribution in [2.24, 2.45) is 11.7 Å². The molecular formula is C12H16N2O5S. The third-order valence-electron chi connectivity index (χ3n) is 2.65. The number of primary amides is 1. The molecule has 0 aliphatic heterocycles. The van der Waals surface area contributed by atoms with Gasteiger partial charge in [-0.05, 0) is 24.1 Å². The zero-order valence-electron chi connectivity index (χ0n) is 11.0. The SMILES string of the molecule is CC(C)C(NS(=O)(=O)c1cccc(C(=O)O)c1)C(N)=O. The number of rotatable bonds is 6. The summed E-state index contributed by atoms with van der Waals surface area (Å²) < 4.78 is 26.4. The number of carbonyl (C=O) groups is 2. The van der Waals surface area contributed by atoms with Gasteiger partial charge in [0.15, 0.2) is 0 Å². The van der Waals surface area contributed by atoms with Crippen LogP contribution in [0.15, 0.2) is 29.2 Å². The third kappa shape index (κ3) is 3.78. The summed E-state index contributed by atoms with van der Waals surface area (Å²) in [6.07, 6.45) is 0. The number of nitrogens with one attached hydrogen (secondary N) is 1. The Kier molecular flexibility index (Phi) is 4.85. The van der Waals surface area contributed by atoms with Crippen LogP contribution in [0, 0.1) is 5.92 Å². The smallest absolute Gasteiger partial charge is 0.335 e. The van der Waals surface area contributed by atoms with Crippen molar-refractivity contribution in [2.45, 2.75) is 24.8 Å². The van der Waals surface area contributed by atoms with E-state index in [2.05, 4.69) is 4.72 Å². The van der Waals surface area contributed by atoms with E-state index in [0.717, 1.165) is 6.07 Å². The van der Waals surface area contributed by atoms with Gasteiger partial charge < -0.3 is 10.8 Å². The molecule has 0 bridgehead atoms. The van der Waals surface area contributed by atoms with E-state index in [0.29, 0.717) is 0 Å². The van der Waals surface area contributed by atoms with Crippen molar-refractivity contribution in [3.63, 3.8) is 0 Å². The highest BCUT2D eigenvalue weighted by Gasteiger charge is 2.26. The topological polar surface area (TPSA) is 127 Å². The zero-order chi connectivity index (χ0) is 15.5. The maximum atomic E-state index is 12.1. The number of carboxylic acid groups (broad SMARTS) is 1. The molecule has 0 fully saturated rings. The summed E-state index contributed by atoms with van der Waals surface area (Å²) in [5.41, 5.74) is 4.98. The van der Waals surface area contributed by atoms with Crippen LogP contribution in [-0.4, -0.2) is 31.4 Å². The van der Waals surface area contributed by atoms with E-state index < -0.39 is 27.9 Å². The summed E-state index contributed by atoms with van der Waals surface area (Å²) in [6.45, 7) is 3.29. The van der Waals surface area contributed by atoms with E-state index in [9.17, 15) is 18.0 Å². The molecule has 4 N–H and O–H groups in total. The molecule has 1 amide bonds. The van der Waals surface area contributed by atoms with Crippen molar-refractivity contribution >= 4 is 21.9 Å². The summed E-state index contributed by atoms with van der Waals surface area (Å²) in [5, 5.41) is 8.84. The Hall–Kier alpha value is -1.93. The zero-order valence-corrected chi connectivity index (χ0v) is 11.8. The first-order valence-electron chi connectivity index (χ1n) is 5.80. The molecule has 0 aliphatic rings. The van der Waals surface area contributed by atoms with Gasteiger partial charge in [0.2, 0.25) is 15.9 Å². The van der Waals surface area contributed by atoms with E-state index >= 15 is 0 Å². The summed E-state index contributed by atoms with van der Waals surface area (Å²) >= 11 is 0.